The third-order valence-corrected chi connectivity index (χ3v) is 5.40. The number of halogens is 1. The molecule has 0 aromatic heterocycles. The minimum atomic E-state index is -0.838. The van der Waals surface area contributed by atoms with E-state index in [2.05, 4.69) is 21.2 Å². The molecule has 5 nitrogen and oxygen atoms in total. The van der Waals surface area contributed by atoms with Gasteiger partial charge in [0.1, 0.15) is 12.6 Å². The number of carbonyl (C=O) groups is 1. The summed E-state index contributed by atoms with van der Waals surface area (Å²) in [6.45, 7) is 0.859. The Morgan fingerprint density at radius 3 is 2.63 bits per heavy atom. The molecule has 0 radical (unpaired) electrons. The molecule has 2 aromatic carbocycles. The normalized spacial score (nSPS) is 11.8. The fourth-order valence-corrected chi connectivity index (χ4v) is 3.44. The molecule has 0 aliphatic heterocycles. The molecule has 0 saturated carbocycles. The van der Waals surface area contributed by atoms with Crippen molar-refractivity contribution in [2.75, 3.05) is 19.1 Å². The molecule has 1 unspecified atom stereocenters. The lowest BCUT2D eigenvalue weighted by Crippen LogP contribution is -2.36. The van der Waals surface area contributed by atoms with E-state index in [1.54, 1.807) is 18.9 Å². The lowest BCUT2D eigenvalue weighted by atomic mass is 10.1. The van der Waals surface area contributed by atoms with E-state index in [0.29, 0.717) is 31.1 Å². The van der Waals surface area contributed by atoms with E-state index >= 15 is 0 Å². The summed E-state index contributed by atoms with van der Waals surface area (Å²) in [5.41, 5.74) is 1.98. The van der Waals surface area contributed by atoms with Crippen molar-refractivity contribution in [3.05, 3.63) is 58.1 Å². The summed E-state index contributed by atoms with van der Waals surface area (Å²) >= 11 is 5.18. The topological polar surface area (TPSA) is 67.8 Å². The predicted octanol–water partition coefficient (Wildman–Crippen LogP) is 4.33. The van der Waals surface area contributed by atoms with Crippen molar-refractivity contribution in [2.45, 2.75) is 25.6 Å². The molecule has 0 fully saturated rings. The number of hydrogen-bond acceptors (Lipinski definition) is 5. The second-order valence-electron chi connectivity index (χ2n) is 5.92. The number of aliphatic carboxylic acids is 1. The van der Waals surface area contributed by atoms with E-state index in [1.165, 1.54) is 0 Å². The van der Waals surface area contributed by atoms with Gasteiger partial charge >= 0.3 is 5.97 Å². The maximum atomic E-state index is 11.4. The van der Waals surface area contributed by atoms with Crippen LogP contribution in [0, 0.1) is 0 Å². The Hall–Kier alpha value is -1.70. The lowest BCUT2D eigenvalue weighted by molar-refractivity contribution is -0.139. The van der Waals surface area contributed by atoms with Gasteiger partial charge in [-0.3, -0.25) is 4.79 Å². The molecule has 0 saturated heterocycles. The average Bonchev–Trinajstić information content (AvgIpc) is 2.68. The zero-order valence-corrected chi connectivity index (χ0v) is 17.8. The largest absolute Gasteiger partial charge is 0.493 e. The molecular weight excluding hydrogens is 430 g/mol. The van der Waals surface area contributed by atoms with Crippen molar-refractivity contribution in [3.8, 4) is 11.5 Å². The average molecular weight is 454 g/mol. The van der Waals surface area contributed by atoms with Gasteiger partial charge in [-0.2, -0.15) is 11.8 Å². The molecule has 7 heteroatoms. The number of ether oxygens (including phenoxy) is 2. The van der Waals surface area contributed by atoms with Gasteiger partial charge in [-0.1, -0.05) is 46.3 Å². The molecule has 0 amide bonds. The van der Waals surface area contributed by atoms with Crippen LogP contribution in [0.5, 0.6) is 11.5 Å². The van der Waals surface area contributed by atoms with Crippen LogP contribution in [0.25, 0.3) is 0 Å². The summed E-state index contributed by atoms with van der Waals surface area (Å²) in [5.74, 6) is 1.20. The van der Waals surface area contributed by atoms with Crippen molar-refractivity contribution in [1.29, 1.82) is 0 Å². The summed E-state index contributed by atoms with van der Waals surface area (Å²) in [4.78, 5) is 11.4. The van der Waals surface area contributed by atoms with Gasteiger partial charge < -0.3 is 19.9 Å². The van der Waals surface area contributed by atoms with Crippen LogP contribution in [0.1, 0.15) is 17.5 Å². The number of carboxylic acids is 1. The smallest absolute Gasteiger partial charge is 0.320 e. The number of thioether (sulfide) groups is 1. The van der Waals surface area contributed by atoms with E-state index in [9.17, 15) is 9.90 Å². The lowest BCUT2D eigenvalue weighted by Gasteiger charge is -2.17. The summed E-state index contributed by atoms with van der Waals surface area (Å²) in [6.07, 6.45) is 2.54. The van der Waals surface area contributed by atoms with Crippen LogP contribution in [-0.4, -0.2) is 36.2 Å². The number of carboxylic acid groups (broad SMARTS) is 1. The van der Waals surface area contributed by atoms with E-state index in [1.807, 2.05) is 48.7 Å². The Balaban J connectivity index is 2.06. The number of nitrogens with one attached hydrogen (secondary N) is 1. The second-order valence-corrected chi connectivity index (χ2v) is 7.76. The van der Waals surface area contributed by atoms with Crippen LogP contribution < -0.4 is 14.8 Å². The van der Waals surface area contributed by atoms with E-state index in [0.717, 1.165) is 21.4 Å². The highest BCUT2D eigenvalue weighted by atomic mass is 79.9. The Kier molecular flexibility index (Phi) is 8.97. The van der Waals surface area contributed by atoms with Crippen LogP contribution in [0.15, 0.2) is 46.9 Å². The summed E-state index contributed by atoms with van der Waals surface area (Å²) in [5, 5.41) is 12.4. The molecule has 2 aromatic rings. The van der Waals surface area contributed by atoms with Crippen molar-refractivity contribution in [3.63, 3.8) is 0 Å². The van der Waals surface area contributed by atoms with Crippen molar-refractivity contribution >= 4 is 33.7 Å². The monoisotopic (exact) mass is 453 g/mol. The molecule has 0 bridgehead atoms. The summed E-state index contributed by atoms with van der Waals surface area (Å²) in [6, 6.07) is 13.0. The molecule has 0 spiro atoms. The molecule has 0 aliphatic rings. The van der Waals surface area contributed by atoms with Crippen LogP contribution in [0.4, 0.5) is 0 Å². The Bertz CT molecular complexity index is 742. The Labute approximate surface area is 172 Å². The zero-order valence-electron chi connectivity index (χ0n) is 15.4. The predicted molar refractivity (Wildman–Crippen MR) is 113 cm³/mol. The molecule has 146 valence electrons. The first-order valence-corrected chi connectivity index (χ1v) is 10.7. The first-order valence-electron chi connectivity index (χ1n) is 8.53. The molecule has 2 rings (SSSR count). The van der Waals surface area contributed by atoms with Gasteiger partial charge in [-0.25, -0.2) is 0 Å². The van der Waals surface area contributed by atoms with E-state index in [-0.39, 0.29) is 0 Å². The fourth-order valence-electron chi connectivity index (χ4n) is 2.50. The number of methoxy groups -OCH3 is 1. The molecule has 1 atom stereocenters. The number of benzene rings is 2. The van der Waals surface area contributed by atoms with Crippen molar-refractivity contribution in [2.24, 2.45) is 0 Å². The summed E-state index contributed by atoms with van der Waals surface area (Å²) < 4.78 is 12.2. The minimum absolute atomic E-state index is 0.418. The first-order chi connectivity index (χ1) is 13.0. The Morgan fingerprint density at radius 2 is 2.00 bits per heavy atom. The molecular formula is C20H24BrNO4S. The molecule has 27 heavy (non-hydrogen) atoms. The van der Waals surface area contributed by atoms with Gasteiger partial charge in [-0.05, 0) is 41.7 Å². The maximum Gasteiger partial charge on any atom is 0.320 e. The first kappa shape index (κ1) is 21.6. The van der Waals surface area contributed by atoms with Gasteiger partial charge in [0.2, 0.25) is 0 Å². The molecule has 2 N–H and O–H groups in total. The number of rotatable bonds is 11. The van der Waals surface area contributed by atoms with E-state index < -0.39 is 12.0 Å². The van der Waals surface area contributed by atoms with Gasteiger partial charge in [0.15, 0.2) is 11.5 Å². The second kappa shape index (κ2) is 11.2. The fraction of sp³-hybridized carbons (Fsp3) is 0.350. The summed E-state index contributed by atoms with van der Waals surface area (Å²) in [7, 11) is 1.59. The maximum absolute atomic E-state index is 11.4. The SMILES string of the molecule is COc1cc(CNC(CCSC)C(=O)O)c(Br)cc1OCc1ccccc1. The van der Waals surface area contributed by atoms with Crippen LogP contribution in [0.3, 0.4) is 0 Å². The third-order valence-electron chi connectivity index (χ3n) is 4.02. The molecule has 0 heterocycles. The highest BCUT2D eigenvalue weighted by Gasteiger charge is 2.17. The van der Waals surface area contributed by atoms with Crippen LogP contribution in [-0.2, 0) is 17.9 Å². The third kappa shape index (κ3) is 6.75. The molecule has 0 aliphatic carbocycles. The van der Waals surface area contributed by atoms with Crippen LogP contribution >= 0.6 is 27.7 Å². The van der Waals surface area contributed by atoms with Crippen LogP contribution in [0.2, 0.25) is 0 Å². The number of hydrogen-bond donors (Lipinski definition) is 2. The van der Waals surface area contributed by atoms with Gasteiger partial charge in [0.05, 0.1) is 7.11 Å². The Morgan fingerprint density at radius 1 is 1.26 bits per heavy atom. The standard InChI is InChI=1S/C20H24BrNO4S/c1-25-18-10-15(12-22-17(20(23)24)8-9-27-2)16(21)11-19(18)26-13-14-6-4-3-5-7-14/h3-7,10-11,17,22H,8-9,12-13H2,1-2H3,(H,23,24). The minimum Gasteiger partial charge on any atom is -0.493 e. The highest BCUT2D eigenvalue weighted by Crippen LogP contribution is 2.34. The highest BCUT2D eigenvalue weighted by molar-refractivity contribution is 9.10. The zero-order chi connectivity index (χ0) is 19.6. The quantitative estimate of drug-likeness (QED) is 0.527. The van der Waals surface area contributed by atoms with Crippen molar-refractivity contribution < 1.29 is 19.4 Å². The van der Waals surface area contributed by atoms with Crippen molar-refractivity contribution in [1.82, 2.24) is 5.32 Å². The van der Waals surface area contributed by atoms with E-state index in [4.69, 9.17) is 9.47 Å². The van der Waals surface area contributed by atoms with Gasteiger partial charge in [-0.15, -0.1) is 0 Å². The van der Waals surface area contributed by atoms with Gasteiger partial charge in [0, 0.05) is 11.0 Å². The van der Waals surface area contributed by atoms with Gasteiger partial charge in [0.25, 0.3) is 0 Å².